The minimum atomic E-state index is -0.763. The summed E-state index contributed by atoms with van der Waals surface area (Å²) < 4.78 is 15.7. The van der Waals surface area contributed by atoms with E-state index < -0.39 is 29.0 Å². The Labute approximate surface area is 197 Å². The molecule has 180 valence electrons. The van der Waals surface area contributed by atoms with E-state index >= 15 is 0 Å². The van der Waals surface area contributed by atoms with E-state index in [-0.39, 0.29) is 41.8 Å². The Hall–Kier alpha value is -3.71. The number of halogens is 1. The van der Waals surface area contributed by atoms with Crippen molar-refractivity contribution in [2.75, 3.05) is 11.1 Å². The molecule has 0 aliphatic carbocycles. The first kappa shape index (κ1) is 24.9. The van der Waals surface area contributed by atoms with Crippen LogP contribution in [0.3, 0.4) is 0 Å². The van der Waals surface area contributed by atoms with Gasteiger partial charge >= 0.3 is 5.69 Å². The number of nitrogen functional groups attached to an aromatic ring is 1. The van der Waals surface area contributed by atoms with Crippen molar-refractivity contribution < 1.29 is 14.0 Å². The number of hydrogen-bond acceptors (Lipinski definition) is 9. The number of hydrogen-bond donors (Lipinski definition) is 3. The van der Waals surface area contributed by atoms with Gasteiger partial charge in [0.05, 0.1) is 23.8 Å². The number of carbonyl (C=O) groups is 2. The smallest absolute Gasteiger partial charge is 0.332 e. The summed E-state index contributed by atoms with van der Waals surface area (Å²) >= 11 is 1.22. The molecule has 3 aromatic heterocycles. The maximum atomic E-state index is 13.8. The number of thiazole rings is 1. The van der Waals surface area contributed by atoms with Crippen LogP contribution in [-0.2, 0) is 29.7 Å². The summed E-state index contributed by atoms with van der Waals surface area (Å²) in [6.45, 7) is 3.92. The number of aromatic nitrogens is 4. The fraction of sp³-hybridized carbons (Fsp3) is 0.333. The van der Waals surface area contributed by atoms with Gasteiger partial charge < -0.3 is 16.4 Å². The second kappa shape index (κ2) is 10.1. The van der Waals surface area contributed by atoms with Crippen LogP contribution in [0.15, 0.2) is 27.2 Å². The molecule has 1 amide bonds. The van der Waals surface area contributed by atoms with Gasteiger partial charge in [0.15, 0.2) is 0 Å². The molecule has 34 heavy (non-hydrogen) atoms. The molecule has 0 saturated heterocycles. The molecule has 13 heteroatoms. The number of amides is 1. The fourth-order valence-corrected chi connectivity index (χ4v) is 3.78. The maximum absolute atomic E-state index is 13.8. The lowest BCUT2D eigenvalue weighted by Crippen LogP contribution is -2.45. The molecule has 0 radical (unpaired) electrons. The van der Waals surface area contributed by atoms with Gasteiger partial charge in [0.25, 0.3) is 5.56 Å². The molecule has 3 heterocycles. The number of anilines is 2. The van der Waals surface area contributed by atoms with Crippen molar-refractivity contribution in [2.45, 2.75) is 39.9 Å². The van der Waals surface area contributed by atoms with Crippen LogP contribution in [0.5, 0.6) is 0 Å². The van der Waals surface area contributed by atoms with Gasteiger partial charge in [-0.2, -0.15) is 0 Å². The Morgan fingerprint density at radius 3 is 2.68 bits per heavy atom. The largest absolute Gasteiger partial charge is 0.385 e. The summed E-state index contributed by atoms with van der Waals surface area (Å²) in [5.74, 6) is -1.01. The number of Topliss-reactive ketones (excluding diaryl/α,β-unsaturated/α-hetero) is 1. The van der Waals surface area contributed by atoms with Crippen LogP contribution < -0.4 is 27.6 Å². The Morgan fingerprint density at radius 2 is 2.03 bits per heavy atom. The SMILES string of the molecule is CC(=O)Cn1c(=O)c(CN[C@@H](C)C(=O)Nc2csc(-c3cnc(C)c(F)c3)n2)c(N)n(C)c1=O. The Balaban J connectivity index is 1.70. The maximum Gasteiger partial charge on any atom is 0.332 e. The zero-order valence-electron chi connectivity index (χ0n) is 19.0. The lowest BCUT2D eigenvalue weighted by molar-refractivity contribution is -0.118. The molecule has 0 spiro atoms. The van der Waals surface area contributed by atoms with Crippen LogP contribution in [0.4, 0.5) is 16.0 Å². The predicted octanol–water partition coefficient (Wildman–Crippen LogP) is 0.801. The number of aryl methyl sites for hydroxylation is 1. The minimum Gasteiger partial charge on any atom is -0.385 e. The van der Waals surface area contributed by atoms with Crippen molar-refractivity contribution in [3.63, 3.8) is 0 Å². The molecule has 3 aromatic rings. The Morgan fingerprint density at radius 1 is 1.32 bits per heavy atom. The average molecular weight is 490 g/mol. The van der Waals surface area contributed by atoms with Crippen molar-refractivity contribution in [3.8, 4) is 10.6 Å². The summed E-state index contributed by atoms with van der Waals surface area (Å²) in [5, 5.41) is 7.65. The highest BCUT2D eigenvalue weighted by Gasteiger charge is 2.19. The van der Waals surface area contributed by atoms with Gasteiger partial charge in [0.2, 0.25) is 5.91 Å². The zero-order chi connectivity index (χ0) is 25.2. The van der Waals surface area contributed by atoms with Crippen molar-refractivity contribution in [1.82, 2.24) is 24.4 Å². The van der Waals surface area contributed by atoms with E-state index in [0.29, 0.717) is 10.6 Å². The lowest BCUT2D eigenvalue weighted by atomic mass is 10.2. The van der Waals surface area contributed by atoms with E-state index in [1.54, 1.807) is 19.2 Å². The first-order valence-corrected chi connectivity index (χ1v) is 11.1. The van der Waals surface area contributed by atoms with Crippen LogP contribution in [0.1, 0.15) is 25.1 Å². The first-order chi connectivity index (χ1) is 16.0. The third-order valence-electron chi connectivity index (χ3n) is 5.08. The molecule has 0 saturated carbocycles. The van der Waals surface area contributed by atoms with Crippen molar-refractivity contribution in [3.05, 3.63) is 55.6 Å². The number of nitrogens with zero attached hydrogens (tertiary/aromatic N) is 4. The second-order valence-corrected chi connectivity index (χ2v) is 8.58. The van der Waals surface area contributed by atoms with Gasteiger partial charge in [-0.25, -0.2) is 14.2 Å². The number of pyridine rings is 1. The van der Waals surface area contributed by atoms with Crippen molar-refractivity contribution in [2.24, 2.45) is 7.05 Å². The molecule has 0 fully saturated rings. The van der Waals surface area contributed by atoms with Gasteiger partial charge in [-0.1, -0.05) is 0 Å². The molecule has 1 atom stereocenters. The van der Waals surface area contributed by atoms with Gasteiger partial charge in [0, 0.05) is 30.7 Å². The highest BCUT2D eigenvalue weighted by Crippen LogP contribution is 2.26. The molecule has 0 aliphatic heterocycles. The van der Waals surface area contributed by atoms with E-state index in [2.05, 4.69) is 20.6 Å². The molecule has 0 bridgehead atoms. The average Bonchev–Trinajstić information content (AvgIpc) is 3.25. The van der Waals surface area contributed by atoms with E-state index in [1.165, 1.54) is 37.6 Å². The molecule has 0 aromatic carbocycles. The van der Waals surface area contributed by atoms with Crippen LogP contribution in [0, 0.1) is 12.7 Å². The van der Waals surface area contributed by atoms with Crippen LogP contribution in [0.25, 0.3) is 10.6 Å². The van der Waals surface area contributed by atoms with Gasteiger partial charge in [-0.05, 0) is 26.8 Å². The number of rotatable bonds is 8. The summed E-state index contributed by atoms with van der Waals surface area (Å²) in [6.07, 6.45) is 1.50. The second-order valence-electron chi connectivity index (χ2n) is 7.72. The summed E-state index contributed by atoms with van der Waals surface area (Å²) in [7, 11) is 1.39. The van der Waals surface area contributed by atoms with Crippen molar-refractivity contribution in [1.29, 1.82) is 0 Å². The first-order valence-electron chi connectivity index (χ1n) is 10.2. The fourth-order valence-electron chi connectivity index (χ4n) is 3.04. The number of nitrogens with one attached hydrogen (secondary N) is 2. The Kier molecular flexibility index (Phi) is 7.37. The third kappa shape index (κ3) is 5.26. The quantitative estimate of drug-likeness (QED) is 0.420. The van der Waals surface area contributed by atoms with Gasteiger partial charge in [-0.15, -0.1) is 11.3 Å². The number of ketones is 1. The Bertz CT molecular complexity index is 1380. The van der Waals surface area contributed by atoms with E-state index in [9.17, 15) is 23.6 Å². The molecule has 0 aliphatic rings. The van der Waals surface area contributed by atoms with Gasteiger partial charge in [0.1, 0.15) is 28.2 Å². The summed E-state index contributed by atoms with van der Waals surface area (Å²) in [5.41, 5.74) is 5.37. The van der Waals surface area contributed by atoms with Gasteiger partial charge in [-0.3, -0.25) is 28.5 Å². The standard InChI is InChI=1S/C21H24FN7O4S/c1-10(30)8-29-20(32)14(17(23)28(4)21(29)33)7-25-12(3)18(31)26-16-9-34-19(27-16)13-5-15(22)11(2)24-6-13/h5-6,9,12,25H,7-8,23H2,1-4H3,(H,26,31)/t12-/m0/s1. The zero-order valence-corrected chi connectivity index (χ0v) is 19.8. The highest BCUT2D eigenvalue weighted by molar-refractivity contribution is 7.13. The summed E-state index contributed by atoms with van der Waals surface area (Å²) in [6, 6.07) is 0.564. The molecule has 0 unspecified atom stereocenters. The monoisotopic (exact) mass is 489 g/mol. The molecule has 11 nitrogen and oxygen atoms in total. The highest BCUT2D eigenvalue weighted by atomic mass is 32.1. The van der Waals surface area contributed by atoms with Crippen molar-refractivity contribution >= 4 is 34.7 Å². The van der Waals surface area contributed by atoms with Crippen LogP contribution in [0.2, 0.25) is 0 Å². The minimum absolute atomic E-state index is 0.0574. The normalized spacial score (nSPS) is 11.9. The number of nitrogens with two attached hydrogens (primary N) is 1. The molecule has 4 N–H and O–H groups in total. The topological polar surface area (TPSA) is 154 Å². The van der Waals surface area contributed by atoms with E-state index in [4.69, 9.17) is 5.73 Å². The molecule has 3 rings (SSSR count). The van der Waals surface area contributed by atoms with Crippen LogP contribution >= 0.6 is 11.3 Å². The predicted molar refractivity (Wildman–Crippen MR) is 126 cm³/mol. The van der Waals surface area contributed by atoms with E-state index in [0.717, 1.165) is 9.13 Å². The third-order valence-corrected chi connectivity index (χ3v) is 5.97. The molecular formula is C21H24FN7O4S. The van der Waals surface area contributed by atoms with Crippen LogP contribution in [-0.4, -0.2) is 36.8 Å². The van der Waals surface area contributed by atoms with E-state index in [1.807, 2.05) is 0 Å². The summed E-state index contributed by atoms with van der Waals surface area (Å²) in [4.78, 5) is 57.2. The lowest BCUT2D eigenvalue weighted by Gasteiger charge is -2.16. The number of carbonyl (C=O) groups excluding carboxylic acids is 2. The molecular weight excluding hydrogens is 465 g/mol.